The maximum absolute atomic E-state index is 12.4. The first kappa shape index (κ1) is 15.3. The van der Waals surface area contributed by atoms with E-state index >= 15 is 0 Å². The molecule has 106 valence electrons. The number of carbonyl (C=O) groups excluding carboxylic acids is 1. The van der Waals surface area contributed by atoms with Crippen molar-refractivity contribution in [1.29, 1.82) is 0 Å². The van der Waals surface area contributed by atoms with E-state index in [0.717, 1.165) is 12.7 Å². The van der Waals surface area contributed by atoms with Gasteiger partial charge in [0.15, 0.2) is 0 Å². The quantitative estimate of drug-likeness (QED) is 0.802. The summed E-state index contributed by atoms with van der Waals surface area (Å²) >= 11 is 0. The van der Waals surface area contributed by atoms with Crippen molar-refractivity contribution in [3.8, 4) is 0 Å². The summed E-state index contributed by atoms with van der Waals surface area (Å²) in [6, 6.07) is -0.297. The van der Waals surface area contributed by atoms with Gasteiger partial charge in [-0.25, -0.2) is 13.1 Å². The second-order valence-electron chi connectivity index (χ2n) is 4.44. The van der Waals surface area contributed by atoms with E-state index in [9.17, 15) is 22.0 Å². The Morgan fingerprint density at radius 1 is 1.44 bits per heavy atom. The molecule has 1 amide bonds. The van der Waals surface area contributed by atoms with E-state index in [4.69, 9.17) is 0 Å². The fraction of sp³-hybridized carbons (Fsp3) is 0.900. The van der Waals surface area contributed by atoms with Crippen LogP contribution in [-0.4, -0.2) is 51.0 Å². The molecular formula is C10H18F2N2O3S. The Hall–Kier alpha value is -0.760. The monoisotopic (exact) mass is 284 g/mol. The zero-order valence-corrected chi connectivity index (χ0v) is 11.0. The zero-order valence-electron chi connectivity index (χ0n) is 10.2. The Balaban J connectivity index is 2.52. The minimum absolute atomic E-state index is 0.163. The lowest BCUT2D eigenvalue weighted by Gasteiger charge is -2.35. The van der Waals surface area contributed by atoms with Crippen LogP contribution in [0.5, 0.6) is 0 Å². The van der Waals surface area contributed by atoms with E-state index in [-0.39, 0.29) is 12.6 Å². The molecule has 1 fully saturated rings. The second-order valence-corrected chi connectivity index (χ2v) is 6.27. The molecule has 1 aliphatic heterocycles. The van der Waals surface area contributed by atoms with Crippen LogP contribution in [0.25, 0.3) is 0 Å². The average molecular weight is 284 g/mol. The van der Waals surface area contributed by atoms with Crippen LogP contribution in [0.4, 0.5) is 8.78 Å². The highest BCUT2D eigenvalue weighted by Gasteiger charge is 2.31. The average Bonchev–Trinajstić information content (AvgIpc) is 2.27. The summed E-state index contributed by atoms with van der Waals surface area (Å²) in [5.41, 5.74) is 0. The van der Waals surface area contributed by atoms with E-state index in [1.54, 1.807) is 0 Å². The van der Waals surface area contributed by atoms with E-state index < -0.39 is 22.4 Å². The zero-order chi connectivity index (χ0) is 13.8. The Bertz CT molecular complexity index is 387. The molecule has 8 heteroatoms. The molecule has 0 aromatic carbocycles. The summed E-state index contributed by atoms with van der Waals surface area (Å²) in [5.74, 6) is -1.15. The number of piperidine rings is 1. The predicted octanol–water partition coefficient (Wildman–Crippen LogP) is 0.572. The van der Waals surface area contributed by atoms with Gasteiger partial charge in [-0.15, -0.1) is 0 Å². The van der Waals surface area contributed by atoms with Crippen molar-refractivity contribution in [2.24, 2.45) is 0 Å². The van der Waals surface area contributed by atoms with Crippen molar-refractivity contribution in [3.05, 3.63) is 0 Å². The molecule has 0 aromatic rings. The lowest BCUT2D eigenvalue weighted by molar-refractivity contribution is -0.146. The summed E-state index contributed by atoms with van der Waals surface area (Å²) < 4.78 is 48.9. The van der Waals surface area contributed by atoms with Gasteiger partial charge in [-0.05, 0) is 25.7 Å². The third-order valence-corrected chi connectivity index (χ3v) is 3.67. The van der Waals surface area contributed by atoms with Gasteiger partial charge in [0.2, 0.25) is 10.0 Å². The predicted molar refractivity (Wildman–Crippen MR) is 62.8 cm³/mol. The van der Waals surface area contributed by atoms with Crippen molar-refractivity contribution in [2.45, 2.75) is 38.2 Å². The van der Waals surface area contributed by atoms with E-state index in [1.165, 1.54) is 4.90 Å². The van der Waals surface area contributed by atoms with Gasteiger partial charge in [0.05, 0.1) is 6.26 Å². The maximum atomic E-state index is 12.4. The fourth-order valence-electron chi connectivity index (χ4n) is 2.13. The van der Waals surface area contributed by atoms with Crippen LogP contribution in [0, 0.1) is 0 Å². The smallest absolute Gasteiger partial charge is 0.315 e. The molecule has 1 heterocycles. The minimum Gasteiger partial charge on any atom is -0.335 e. The summed E-state index contributed by atoms with van der Waals surface area (Å²) in [4.78, 5) is 12.5. The van der Waals surface area contributed by atoms with Gasteiger partial charge in [0.1, 0.15) is 0 Å². The van der Waals surface area contributed by atoms with Crippen LogP contribution >= 0.6 is 0 Å². The minimum atomic E-state index is -3.28. The van der Waals surface area contributed by atoms with E-state index in [0.29, 0.717) is 25.8 Å². The molecule has 0 aromatic heterocycles. The third-order valence-electron chi connectivity index (χ3n) is 2.94. The molecule has 1 unspecified atom stereocenters. The number of hydrogen-bond donors (Lipinski definition) is 1. The van der Waals surface area contributed by atoms with Gasteiger partial charge in [0.25, 0.3) is 5.91 Å². The number of nitrogens with one attached hydrogen (secondary N) is 1. The summed E-state index contributed by atoms with van der Waals surface area (Å²) in [7, 11) is -3.28. The number of likely N-dealkylation sites (tertiary alicyclic amines) is 1. The number of hydrogen-bond acceptors (Lipinski definition) is 3. The van der Waals surface area contributed by atoms with E-state index in [2.05, 4.69) is 4.72 Å². The van der Waals surface area contributed by atoms with Crippen molar-refractivity contribution in [3.63, 3.8) is 0 Å². The molecule has 1 saturated heterocycles. The highest BCUT2D eigenvalue weighted by Crippen LogP contribution is 2.21. The molecule has 1 N–H and O–H groups in total. The van der Waals surface area contributed by atoms with Crippen LogP contribution in [0.1, 0.15) is 25.7 Å². The number of amides is 1. The van der Waals surface area contributed by atoms with Crippen LogP contribution in [-0.2, 0) is 14.8 Å². The fourth-order valence-corrected chi connectivity index (χ4v) is 2.62. The summed E-state index contributed by atoms with van der Waals surface area (Å²) in [6.45, 7) is 0.489. The third kappa shape index (κ3) is 4.85. The molecule has 0 radical (unpaired) electrons. The Morgan fingerprint density at radius 2 is 2.11 bits per heavy atom. The van der Waals surface area contributed by atoms with Crippen molar-refractivity contribution in [2.75, 3.05) is 19.3 Å². The largest absolute Gasteiger partial charge is 0.335 e. The summed E-state index contributed by atoms with van der Waals surface area (Å²) in [6.07, 6.45) is 0.643. The summed E-state index contributed by atoms with van der Waals surface area (Å²) in [5, 5.41) is 0. The molecule has 1 atom stereocenters. The lowest BCUT2D eigenvalue weighted by Crippen LogP contribution is -2.47. The van der Waals surface area contributed by atoms with Crippen molar-refractivity contribution >= 4 is 15.9 Å². The van der Waals surface area contributed by atoms with Crippen molar-refractivity contribution < 1.29 is 22.0 Å². The van der Waals surface area contributed by atoms with Gasteiger partial charge in [-0.1, -0.05) is 0 Å². The topological polar surface area (TPSA) is 66.5 Å². The van der Waals surface area contributed by atoms with Crippen LogP contribution in [0.2, 0.25) is 0 Å². The highest BCUT2D eigenvalue weighted by atomic mass is 32.2. The molecule has 0 aliphatic carbocycles. The molecule has 1 aliphatic rings. The maximum Gasteiger partial charge on any atom is 0.315 e. The number of carbonyl (C=O) groups is 1. The Kier molecular flexibility index (Phi) is 5.46. The molecule has 5 nitrogen and oxygen atoms in total. The van der Waals surface area contributed by atoms with E-state index in [1.807, 2.05) is 0 Å². The number of nitrogens with zero attached hydrogens (tertiary/aromatic N) is 1. The van der Waals surface area contributed by atoms with Crippen LogP contribution in [0.15, 0.2) is 0 Å². The van der Waals surface area contributed by atoms with Gasteiger partial charge < -0.3 is 4.90 Å². The molecule has 0 saturated carbocycles. The van der Waals surface area contributed by atoms with Gasteiger partial charge in [0, 0.05) is 19.1 Å². The second kappa shape index (κ2) is 6.42. The lowest BCUT2D eigenvalue weighted by atomic mass is 9.99. The van der Waals surface area contributed by atoms with Crippen LogP contribution < -0.4 is 4.72 Å². The number of alkyl halides is 2. The standard InChI is InChI=1S/C10H18F2N2O3S/c1-18(16,17)13-6-5-8-4-2-3-7-14(8)10(15)9(11)12/h8-9,13H,2-7H2,1H3. The number of halogens is 2. The first-order valence-electron chi connectivity index (χ1n) is 5.84. The first-order chi connectivity index (χ1) is 8.31. The van der Waals surface area contributed by atoms with Crippen LogP contribution in [0.3, 0.4) is 0 Å². The van der Waals surface area contributed by atoms with Gasteiger partial charge >= 0.3 is 6.43 Å². The highest BCUT2D eigenvalue weighted by molar-refractivity contribution is 7.88. The molecule has 1 rings (SSSR count). The molecule has 0 bridgehead atoms. The number of rotatable bonds is 5. The Labute approximate surface area is 106 Å². The normalized spacial score (nSPS) is 21.3. The van der Waals surface area contributed by atoms with Crippen molar-refractivity contribution in [1.82, 2.24) is 9.62 Å². The Morgan fingerprint density at radius 3 is 2.67 bits per heavy atom. The molecule has 18 heavy (non-hydrogen) atoms. The first-order valence-corrected chi connectivity index (χ1v) is 7.73. The number of sulfonamides is 1. The van der Waals surface area contributed by atoms with Gasteiger partial charge in [-0.2, -0.15) is 8.78 Å². The SMILES string of the molecule is CS(=O)(=O)NCCC1CCCCN1C(=O)C(F)F. The van der Waals surface area contributed by atoms with Gasteiger partial charge in [-0.3, -0.25) is 4.79 Å². The molecular weight excluding hydrogens is 266 g/mol. The molecule has 0 spiro atoms.